The second-order valence-electron chi connectivity index (χ2n) is 9.12. The quantitative estimate of drug-likeness (QED) is 0.356. The molecule has 2 amide bonds. The first kappa shape index (κ1) is 26.6. The number of rotatable bonds is 5. The van der Waals surface area contributed by atoms with Crippen molar-refractivity contribution < 1.29 is 36.3 Å². The van der Waals surface area contributed by atoms with Crippen LogP contribution in [0, 0.1) is 11.6 Å². The van der Waals surface area contributed by atoms with E-state index in [1.54, 1.807) is 7.05 Å². The van der Waals surface area contributed by atoms with E-state index in [1.165, 1.54) is 18.2 Å². The van der Waals surface area contributed by atoms with E-state index < -0.39 is 46.8 Å². The summed E-state index contributed by atoms with van der Waals surface area (Å²) >= 11 is 6.29. The fraction of sp³-hybridized carbons (Fsp3) is 0.222. The van der Waals surface area contributed by atoms with E-state index in [1.807, 2.05) is 0 Å². The van der Waals surface area contributed by atoms with Gasteiger partial charge in [0.1, 0.15) is 23.5 Å². The maximum absolute atomic E-state index is 14.1. The lowest BCUT2D eigenvalue weighted by Crippen LogP contribution is -2.34. The summed E-state index contributed by atoms with van der Waals surface area (Å²) in [6.07, 6.45) is -4.00. The normalized spacial score (nSPS) is 18.2. The van der Waals surface area contributed by atoms with Crippen molar-refractivity contribution in [3.63, 3.8) is 0 Å². The van der Waals surface area contributed by atoms with Gasteiger partial charge in [-0.05, 0) is 42.5 Å². The minimum Gasteiger partial charge on any atom is -0.490 e. The summed E-state index contributed by atoms with van der Waals surface area (Å²) < 4.78 is 73.7. The molecule has 1 atom stereocenters. The van der Waals surface area contributed by atoms with E-state index in [9.17, 15) is 31.5 Å². The summed E-state index contributed by atoms with van der Waals surface area (Å²) in [6, 6.07) is 6.89. The molecule has 0 radical (unpaired) electrons. The molecule has 0 bridgehead atoms. The van der Waals surface area contributed by atoms with Gasteiger partial charge in [-0.25, -0.2) is 8.78 Å². The van der Waals surface area contributed by atoms with Crippen LogP contribution in [0.1, 0.15) is 56.3 Å². The monoisotopic (exact) mass is 563 g/mol. The molecule has 6 nitrogen and oxygen atoms in total. The highest BCUT2D eigenvalue weighted by Crippen LogP contribution is 2.42. The average Bonchev–Trinajstić information content (AvgIpc) is 3.18. The van der Waals surface area contributed by atoms with Gasteiger partial charge in [-0.1, -0.05) is 11.6 Å². The Kier molecular flexibility index (Phi) is 6.79. The number of hydrogen-bond donors (Lipinski definition) is 2. The van der Waals surface area contributed by atoms with Crippen LogP contribution < -0.4 is 15.4 Å². The van der Waals surface area contributed by atoms with Crippen LogP contribution in [0.5, 0.6) is 5.75 Å². The fourth-order valence-electron chi connectivity index (χ4n) is 4.55. The van der Waals surface area contributed by atoms with Crippen molar-refractivity contribution in [1.29, 1.82) is 0 Å². The van der Waals surface area contributed by atoms with Crippen LogP contribution >= 0.6 is 11.6 Å². The predicted molar refractivity (Wildman–Crippen MR) is 134 cm³/mol. The lowest BCUT2D eigenvalue weighted by atomic mass is 9.92. The first-order chi connectivity index (χ1) is 18.4. The van der Waals surface area contributed by atoms with Gasteiger partial charge in [0.2, 0.25) is 0 Å². The van der Waals surface area contributed by atoms with Crippen molar-refractivity contribution in [1.82, 2.24) is 5.32 Å². The molecule has 0 saturated heterocycles. The van der Waals surface area contributed by atoms with E-state index in [0.717, 1.165) is 17.8 Å². The van der Waals surface area contributed by atoms with Crippen LogP contribution in [0.2, 0.25) is 5.02 Å². The maximum atomic E-state index is 14.1. The minimum atomic E-state index is -4.88. The number of ether oxygens (including phenoxy) is 1. The van der Waals surface area contributed by atoms with Crippen molar-refractivity contribution in [2.75, 3.05) is 12.4 Å². The van der Waals surface area contributed by atoms with Gasteiger partial charge in [0, 0.05) is 53.4 Å². The smallest absolute Gasteiger partial charge is 0.416 e. The number of carbonyl (C=O) groups excluding carboxylic acids is 2. The van der Waals surface area contributed by atoms with Gasteiger partial charge in [-0.2, -0.15) is 13.2 Å². The Hall–Kier alpha value is -3.99. The van der Waals surface area contributed by atoms with Gasteiger partial charge in [0.05, 0.1) is 22.9 Å². The first-order valence-electron chi connectivity index (χ1n) is 11.7. The van der Waals surface area contributed by atoms with Crippen molar-refractivity contribution in [3.05, 3.63) is 93.0 Å². The van der Waals surface area contributed by atoms with Gasteiger partial charge in [-0.15, -0.1) is 0 Å². The van der Waals surface area contributed by atoms with Crippen LogP contribution in [-0.2, 0) is 6.18 Å². The zero-order chi connectivity index (χ0) is 28.1. The third-order valence-electron chi connectivity index (χ3n) is 6.51. The van der Waals surface area contributed by atoms with E-state index in [-0.39, 0.29) is 45.3 Å². The Bertz CT molecular complexity index is 1530. The topological polar surface area (TPSA) is 79.8 Å². The van der Waals surface area contributed by atoms with Crippen LogP contribution in [0.15, 0.2) is 53.5 Å². The average molecular weight is 564 g/mol. The number of nitrogens with one attached hydrogen (secondary N) is 2. The third kappa shape index (κ3) is 5.31. The molecule has 5 rings (SSSR count). The second kappa shape index (κ2) is 9.96. The molecule has 3 aromatic rings. The molecule has 3 aromatic carbocycles. The number of nitrogens with zero attached hydrogens (tertiary/aromatic N) is 1. The number of hydrogen-bond acceptors (Lipinski definition) is 4. The van der Waals surface area contributed by atoms with E-state index in [4.69, 9.17) is 16.3 Å². The highest BCUT2D eigenvalue weighted by atomic mass is 35.5. The highest BCUT2D eigenvalue weighted by Gasteiger charge is 2.36. The number of anilines is 1. The Morgan fingerprint density at radius 3 is 2.51 bits per heavy atom. The number of fused-ring (bicyclic) bond motifs is 1. The number of carbonyl (C=O) groups is 2. The van der Waals surface area contributed by atoms with Crippen LogP contribution in [-0.4, -0.2) is 30.7 Å². The van der Waals surface area contributed by atoms with Gasteiger partial charge in [0.25, 0.3) is 11.8 Å². The van der Waals surface area contributed by atoms with Crippen LogP contribution in [0.4, 0.5) is 27.6 Å². The molecule has 2 N–H and O–H groups in total. The molecular formula is C27H19ClF5N3O3. The fourth-order valence-corrected chi connectivity index (χ4v) is 4.78. The Labute approximate surface area is 223 Å². The van der Waals surface area contributed by atoms with Gasteiger partial charge >= 0.3 is 6.18 Å². The Balaban J connectivity index is 1.57. The molecule has 1 saturated carbocycles. The molecule has 1 aliphatic carbocycles. The third-order valence-corrected chi connectivity index (χ3v) is 6.86. The van der Waals surface area contributed by atoms with Gasteiger partial charge in [-0.3, -0.25) is 14.6 Å². The summed E-state index contributed by atoms with van der Waals surface area (Å²) in [5, 5.41) is 5.31. The minimum absolute atomic E-state index is 0.00213. The standard InChI is InChI=1S/C27H19ClF5N3O3/c1-34-16-8-17(9-16)39-18-10-20-23(24(36-26(20)38)19-7-14(29)2-3-21(19)28)22(11-18)35-25(37)12-4-13(27(31,32)33)6-15(30)5-12/h2-7,10-11,17,24H,8-9H2,1H3,(H,35,37)(H,36,38)/t17?,24-/m0/s1. The van der Waals surface area contributed by atoms with E-state index in [2.05, 4.69) is 15.6 Å². The molecule has 0 spiro atoms. The van der Waals surface area contributed by atoms with Crippen molar-refractivity contribution >= 4 is 34.8 Å². The lowest BCUT2D eigenvalue weighted by molar-refractivity contribution is -0.137. The zero-order valence-corrected chi connectivity index (χ0v) is 20.9. The van der Waals surface area contributed by atoms with Gasteiger partial charge < -0.3 is 15.4 Å². The zero-order valence-electron chi connectivity index (χ0n) is 20.1. The summed E-state index contributed by atoms with van der Waals surface area (Å²) in [5.41, 5.74) is -0.507. The van der Waals surface area contributed by atoms with E-state index >= 15 is 0 Å². The summed E-state index contributed by atoms with van der Waals surface area (Å²) in [7, 11) is 1.66. The molecule has 202 valence electrons. The Morgan fingerprint density at radius 1 is 1.08 bits per heavy atom. The molecule has 39 heavy (non-hydrogen) atoms. The molecule has 2 aliphatic rings. The molecule has 1 fully saturated rings. The summed E-state index contributed by atoms with van der Waals surface area (Å²) in [5.74, 6) is -3.30. The Morgan fingerprint density at radius 2 is 1.82 bits per heavy atom. The first-order valence-corrected chi connectivity index (χ1v) is 12.0. The van der Waals surface area contributed by atoms with Crippen molar-refractivity contribution in [2.24, 2.45) is 4.99 Å². The summed E-state index contributed by atoms with van der Waals surface area (Å²) in [4.78, 5) is 30.1. The molecule has 12 heteroatoms. The number of alkyl halides is 3. The van der Waals surface area contributed by atoms with Gasteiger partial charge in [0.15, 0.2) is 0 Å². The van der Waals surface area contributed by atoms with Crippen molar-refractivity contribution in [3.8, 4) is 5.75 Å². The second-order valence-corrected chi connectivity index (χ2v) is 9.53. The highest BCUT2D eigenvalue weighted by molar-refractivity contribution is 6.31. The van der Waals surface area contributed by atoms with Crippen molar-refractivity contribution in [2.45, 2.75) is 31.2 Å². The number of benzene rings is 3. The molecule has 0 aromatic heterocycles. The molecule has 1 heterocycles. The molecular weight excluding hydrogens is 545 g/mol. The largest absolute Gasteiger partial charge is 0.490 e. The van der Waals surface area contributed by atoms with E-state index in [0.29, 0.717) is 25.0 Å². The lowest BCUT2D eigenvalue weighted by Gasteiger charge is -2.29. The SMILES string of the molecule is CN=C1CC(Oc2cc(NC(=O)c3cc(F)cc(C(F)(F)F)c3)c3c(c2)C(=O)N[C@H]3c2cc(F)ccc2Cl)C1. The summed E-state index contributed by atoms with van der Waals surface area (Å²) in [6.45, 7) is 0. The van der Waals surface area contributed by atoms with Crippen LogP contribution in [0.25, 0.3) is 0 Å². The molecule has 0 unspecified atom stereocenters. The van der Waals surface area contributed by atoms with Crippen LogP contribution in [0.3, 0.4) is 0 Å². The predicted octanol–water partition coefficient (Wildman–Crippen LogP) is 6.33. The number of halogens is 6. The maximum Gasteiger partial charge on any atom is 0.416 e. The molecule has 1 aliphatic heterocycles. The number of aliphatic imine (C=N–C) groups is 1. The number of amides is 2.